The van der Waals surface area contributed by atoms with E-state index in [9.17, 15) is 5.26 Å². The Hall–Kier alpha value is -1.60. The van der Waals surface area contributed by atoms with Crippen LogP contribution in [0, 0.1) is 25.2 Å². The zero-order valence-electron chi connectivity index (χ0n) is 11.1. The maximum Gasteiger partial charge on any atom is 0.144 e. The molecule has 1 fully saturated rings. The molecule has 1 aliphatic carbocycles. The summed E-state index contributed by atoms with van der Waals surface area (Å²) in [5.74, 6) is 0.697. The van der Waals surface area contributed by atoms with Crippen molar-refractivity contribution < 1.29 is 0 Å². The number of hydrogen-bond donors (Lipinski definition) is 2. The number of rotatable bonds is 3. The number of nitrogens with zero attached hydrogens (tertiary/aromatic N) is 2. The standard InChI is InChI=1S/C14H20N4/c1-10-7-11(2)17-13(12(10)8-15)18-14(9-16)5-3-4-6-14/h7H,3-6,9,16H2,1-2H3,(H,17,18). The SMILES string of the molecule is Cc1cc(C)c(C#N)c(NC2(CN)CCCC2)n1. The van der Waals surface area contributed by atoms with Crippen LogP contribution in [0.25, 0.3) is 0 Å². The van der Waals surface area contributed by atoms with Crippen LogP contribution in [-0.2, 0) is 0 Å². The lowest BCUT2D eigenvalue weighted by Gasteiger charge is -2.30. The van der Waals surface area contributed by atoms with Crippen molar-refractivity contribution in [3.63, 3.8) is 0 Å². The summed E-state index contributed by atoms with van der Waals surface area (Å²) in [6, 6.07) is 4.18. The van der Waals surface area contributed by atoms with Crippen molar-refractivity contribution in [1.29, 1.82) is 5.26 Å². The van der Waals surface area contributed by atoms with Crippen molar-refractivity contribution in [2.45, 2.75) is 45.1 Å². The van der Waals surface area contributed by atoms with Gasteiger partial charge in [-0.3, -0.25) is 0 Å². The van der Waals surface area contributed by atoms with E-state index in [0.29, 0.717) is 17.9 Å². The average molecular weight is 244 g/mol. The first-order valence-electron chi connectivity index (χ1n) is 6.47. The molecular formula is C14H20N4. The van der Waals surface area contributed by atoms with Gasteiger partial charge in [0.1, 0.15) is 11.9 Å². The molecular weight excluding hydrogens is 224 g/mol. The topological polar surface area (TPSA) is 74.7 Å². The predicted molar refractivity (Wildman–Crippen MR) is 72.3 cm³/mol. The van der Waals surface area contributed by atoms with Crippen LogP contribution < -0.4 is 11.1 Å². The van der Waals surface area contributed by atoms with Crippen molar-refractivity contribution in [3.05, 3.63) is 22.9 Å². The Labute approximate surface area is 108 Å². The van der Waals surface area contributed by atoms with Crippen molar-refractivity contribution in [1.82, 2.24) is 4.98 Å². The van der Waals surface area contributed by atoms with Gasteiger partial charge >= 0.3 is 0 Å². The van der Waals surface area contributed by atoms with Crippen molar-refractivity contribution in [2.75, 3.05) is 11.9 Å². The number of nitrogens with one attached hydrogen (secondary N) is 1. The van der Waals surface area contributed by atoms with Crippen LogP contribution in [0.5, 0.6) is 0 Å². The lowest BCUT2D eigenvalue weighted by atomic mass is 9.97. The normalized spacial score (nSPS) is 17.4. The van der Waals surface area contributed by atoms with Crippen LogP contribution >= 0.6 is 0 Å². The molecule has 1 saturated carbocycles. The second-order valence-electron chi connectivity index (χ2n) is 5.23. The van der Waals surface area contributed by atoms with Gasteiger partial charge in [-0.1, -0.05) is 12.8 Å². The maximum atomic E-state index is 9.26. The molecule has 4 nitrogen and oxygen atoms in total. The second kappa shape index (κ2) is 4.95. The number of nitriles is 1. The fourth-order valence-corrected chi connectivity index (χ4v) is 2.75. The minimum atomic E-state index is -0.0706. The van der Waals surface area contributed by atoms with Crippen LogP contribution in [0.3, 0.4) is 0 Å². The lowest BCUT2D eigenvalue weighted by molar-refractivity contribution is 0.491. The quantitative estimate of drug-likeness (QED) is 0.855. The van der Waals surface area contributed by atoms with Crippen LogP contribution in [0.15, 0.2) is 6.07 Å². The van der Waals surface area contributed by atoms with Crippen LogP contribution in [0.2, 0.25) is 0 Å². The van der Waals surface area contributed by atoms with Crippen LogP contribution in [0.1, 0.15) is 42.5 Å². The Kier molecular flexibility index (Phi) is 3.53. The number of aryl methyl sites for hydroxylation is 2. The van der Waals surface area contributed by atoms with E-state index in [4.69, 9.17) is 5.73 Å². The zero-order chi connectivity index (χ0) is 13.2. The van der Waals surface area contributed by atoms with Crippen LogP contribution in [0.4, 0.5) is 5.82 Å². The summed E-state index contributed by atoms with van der Waals surface area (Å²) in [4.78, 5) is 4.47. The first-order chi connectivity index (χ1) is 8.60. The summed E-state index contributed by atoms with van der Waals surface area (Å²) in [7, 11) is 0. The molecule has 2 rings (SSSR count). The Balaban J connectivity index is 2.36. The fourth-order valence-electron chi connectivity index (χ4n) is 2.75. The first-order valence-corrected chi connectivity index (χ1v) is 6.47. The molecule has 1 aliphatic rings. The van der Waals surface area contributed by atoms with E-state index in [0.717, 1.165) is 24.1 Å². The largest absolute Gasteiger partial charge is 0.362 e. The molecule has 1 heterocycles. The highest BCUT2D eigenvalue weighted by molar-refractivity contribution is 5.57. The van der Waals surface area contributed by atoms with Gasteiger partial charge in [-0.25, -0.2) is 4.98 Å². The lowest BCUT2D eigenvalue weighted by Crippen LogP contribution is -2.43. The Morgan fingerprint density at radius 1 is 1.44 bits per heavy atom. The third kappa shape index (κ3) is 2.32. The zero-order valence-corrected chi connectivity index (χ0v) is 11.1. The van der Waals surface area contributed by atoms with Gasteiger partial charge < -0.3 is 11.1 Å². The van der Waals surface area contributed by atoms with E-state index >= 15 is 0 Å². The van der Waals surface area contributed by atoms with E-state index in [1.807, 2.05) is 19.9 Å². The van der Waals surface area contributed by atoms with E-state index in [2.05, 4.69) is 16.4 Å². The third-order valence-corrected chi connectivity index (χ3v) is 3.79. The highest BCUT2D eigenvalue weighted by Gasteiger charge is 2.33. The molecule has 3 N–H and O–H groups in total. The van der Waals surface area contributed by atoms with Crippen molar-refractivity contribution in [3.8, 4) is 6.07 Å². The molecule has 0 unspecified atom stereocenters. The second-order valence-corrected chi connectivity index (χ2v) is 5.23. The fraction of sp³-hybridized carbons (Fsp3) is 0.571. The van der Waals surface area contributed by atoms with Gasteiger partial charge in [0.15, 0.2) is 0 Å². The van der Waals surface area contributed by atoms with Gasteiger partial charge in [-0.05, 0) is 38.3 Å². The minimum absolute atomic E-state index is 0.0706. The monoisotopic (exact) mass is 244 g/mol. The van der Waals surface area contributed by atoms with E-state index in [-0.39, 0.29) is 5.54 Å². The number of pyridine rings is 1. The molecule has 1 aromatic heterocycles. The average Bonchev–Trinajstić information content (AvgIpc) is 2.78. The summed E-state index contributed by atoms with van der Waals surface area (Å²) in [5, 5.41) is 12.7. The van der Waals surface area contributed by atoms with Gasteiger partial charge in [-0.2, -0.15) is 5.26 Å². The molecule has 18 heavy (non-hydrogen) atoms. The minimum Gasteiger partial charge on any atom is -0.362 e. The number of aromatic nitrogens is 1. The molecule has 0 bridgehead atoms. The summed E-state index contributed by atoms with van der Waals surface area (Å²) in [5.41, 5.74) is 8.38. The number of nitrogens with two attached hydrogens (primary N) is 1. The van der Waals surface area contributed by atoms with Gasteiger partial charge in [0, 0.05) is 12.2 Å². The number of hydrogen-bond acceptors (Lipinski definition) is 4. The summed E-state index contributed by atoms with van der Waals surface area (Å²) in [6.07, 6.45) is 4.50. The molecule has 0 aromatic carbocycles. The summed E-state index contributed by atoms with van der Waals surface area (Å²) >= 11 is 0. The molecule has 0 aliphatic heterocycles. The van der Waals surface area contributed by atoms with E-state index in [1.54, 1.807) is 0 Å². The molecule has 96 valence electrons. The molecule has 0 spiro atoms. The third-order valence-electron chi connectivity index (χ3n) is 3.79. The first kappa shape index (κ1) is 12.8. The van der Waals surface area contributed by atoms with Crippen molar-refractivity contribution >= 4 is 5.82 Å². The Bertz CT molecular complexity index is 481. The molecule has 0 saturated heterocycles. The summed E-state index contributed by atoms with van der Waals surface area (Å²) in [6.45, 7) is 4.48. The molecule has 1 aromatic rings. The highest BCUT2D eigenvalue weighted by atomic mass is 15.1. The Morgan fingerprint density at radius 2 is 2.11 bits per heavy atom. The van der Waals surface area contributed by atoms with Gasteiger partial charge in [0.25, 0.3) is 0 Å². The maximum absolute atomic E-state index is 9.26. The smallest absolute Gasteiger partial charge is 0.144 e. The van der Waals surface area contributed by atoms with E-state index < -0.39 is 0 Å². The van der Waals surface area contributed by atoms with Gasteiger partial charge in [-0.15, -0.1) is 0 Å². The van der Waals surface area contributed by atoms with Gasteiger partial charge in [0.05, 0.1) is 11.1 Å². The highest BCUT2D eigenvalue weighted by Crippen LogP contribution is 2.33. The van der Waals surface area contributed by atoms with E-state index in [1.165, 1.54) is 12.8 Å². The molecule has 4 heteroatoms. The van der Waals surface area contributed by atoms with Crippen LogP contribution in [-0.4, -0.2) is 17.1 Å². The Morgan fingerprint density at radius 3 is 2.67 bits per heavy atom. The molecule has 0 atom stereocenters. The molecule has 0 radical (unpaired) electrons. The number of anilines is 1. The van der Waals surface area contributed by atoms with Crippen molar-refractivity contribution in [2.24, 2.45) is 5.73 Å². The van der Waals surface area contributed by atoms with Gasteiger partial charge in [0.2, 0.25) is 0 Å². The predicted octanol–water partition coefficient (Wildman–Crippen LogP) is 2.25. The summed E-state index contributed by atoms with van der Waals surface area (Å²) < 4.78 is 0. The molecule has 0 amide bonds.